The molecule has 0 aliphatic heterocycles. The van der Waals surface area contributed by atoms with E-state index in [1.54, 1.807) is 12.1 Å². The summed E-state index contributed by atoms with van der Waals surface area (Å²) in [6.45, 7) is 2.28. The van der Waals surface area contributed by atoms with E-state index in [-0.39, 0.29) is 23.6 Å². The first-order valence-corrected chi connectivity index (χ1v) is 9.02. The number of benzene rings is 2. The molecule has 3 rings (SSSR count). The van der Waals surface area contributed by atoms with E-state index >= 15 is 0 Å². The van der Waals surface area contributed by atoms with Gasteiger partial charge >= 0.3 is 0 Å². The number of nitrogens with one attached hydrogen (secondary N) is 3. The van der Waals surface area contributed by atoms with E-state index in [0.717, 1.165) is 29.7 Å². The highest BCUT2D eigenvalue weighted by molar-refractivity contribution is 5.95. The minimum atomic E-state index is -0.173. The molecular formula is C21H23N3O3. The maximum absolute atomic E-state index is 12.3. The van der Waals surface area contributed by atoms with Crippen molar-refractivity contribution in [1.29, 1.82) is 0 Å². The SMILES string of the molecule is CC(=O)NCc1ccc(C(=O)NCc2cccc(NC(=O)C3CC3)c2)cc1. The third-order valence-corrected chi connectivity index (χ3v) is 4.35. The summed E-state index contributed by atoms with van der Waals surface area (Å²) < 4.78 is 0. The van der Waals surface area contributed by atoms with Gasteiger partial charge in [0.25, 0.3) is 5.91 Å². The fraction of sp³-hybridized carbons (Fsp3) is 0.286. The minimum Gasteiger partial charge on any atom is -0.352 e. The van der Waals surface area contributed by atoms with E-state index in [2.05, 4.69) is 16.0 Å². The summed E-state index contributed by atoms with van der Waals surface area (Å²) in [7, 11) is 0. The van der Waals surface area contributed by atoms with Gasteiger partial charge in [0.1, 0.15) is 0 Å². The van der Waals surface area contributed by atoms with Crippen molar-refractivity contribution in [2.75, 3.05) is 5.32 Å². The molecule has 0 aromatic heterocycles. The first-order valence-electron chi connectivity index (χ1n) is 9.02. The van der Waals surface area contributed by atoms with Gasteiger partial charge in [0.05, 0.1) is 0 Å². The lowest BCUT2D eigenvalue weighted by molar-refractivity contribution is -0.119. The third kappa shape index (κ3) is 5.67. The minimum absolute atomic E-state index is 0.0653. The van der Waals surface area contributed by atoms with Crippen LogP contribution in [0.5, 0.6) is 0 Å². The molecule has 6 heteroatoms. The second-order valence-electron chi connectivity index (χ2n) is 6.75. The van der Waals surface area contributed by atoms with Crippen LogP contribution in [-0.4, -0.2) is 17.7 Å². The van der Waals surface area contributed by atoms with Gasteiger partial charge in [-0.05, 0) is 48.2 Å². The van der Waals surface area contributed by atoms with E-state index in [9.17, 15) is 14.4 Å². The van der Waals surface area contributed by atoms with Crippen LogP contribution < -0.4 is 16.0 Å². The number of anilines is 1. The molecule has 0 radical (unpaired) electrons. The quantitative estimate of drug-likeness (QED) is 0.705. The lowest BCUT2D eigenvalue weighted by Crippen LogP contribution is -2.23. The molecule has 1 aliphatic carbocycles. The Bertz CT molecular complexity index is 842. The van der Waals surface area contributed by atoms with Crippen molar-refractivity contribution in [2.24, 2.45) is 5.92 Å². The van der Waals surface area contributed by atoms with Crippen LogP contribution in [0.1, 0.15) is 41.3 Å². The number of hydrogen-bond donors (Lipinski definition) is 3. The van der Waals surface area contributed by atoms with Crippen molar-refractivity contribution in [3.63, 3.8) is 0 Å². The van der Waals surface area contributed by atoms with Gasteiger partial charge in [0, 0.05) is 37.2 Å². The Hall–Kier alpha value is -3.15. The maximum atomic E-state index is 12.3. The molecule has 0 heterocycles. The van der Waals surface area contributed by atoms with Crippen LogP contribution in [0.15, 0.2) is 48.5 Å². The Kier molecular flexibility index (Phi) is 5.86. The first kappa shape index (κ1) is 18.6. The van der Waals surface area contributed by atoms with Gasteiger partial charge in [-0.3, -0.25) is 14.4 Å². The van der Waals surface area contributed by atoms with Gasteiger partial charge in [-0.25, -0.2) is 0 Å². The molecule has 2 aromatic rings. The number of carbonyl (C=O) groups excluding carboxylic acids is 3. The van der Waals surface area contributed by atoms with Gasteiger partial charge in [-0.15, -0.1) is 0 Å². The van der Waals surface area contributed by atoms with Gasteiger partial charge in [0.15, 0.2) is 0 Å². The summed E-state index contributed by atoms with van der Waals surface area (Å²) in [6, 6.07) is 14.6. The zero-order chi connectivity index (χ0) is 19.2. The zero-order valence-electron chi connectivity index (χ0n) is 15.2. The van der Waals surface area contributed by atoms with Gasteiger partial charge in [0.2, 0.25) is 11.8 Å². The molecular weight excluding hydrogens is 342 g/mol. The van der Waals surface area contributed by atoms with Gasteiger partial charge < -0.3 is 16.0 Å². The van der Waals surface area contributed by atoms with Crippen LogP contribution in [0.25, 0.3) is 0 Å². The Morgan fingerprint density at radius 1 is 0.926 bits per heavy atom. The molecule has 0 saturated heterocycles. The molecule has 3 N–H and O–H groups in total. The molecule has 3 amide bonds. The third-order valence-electron chi connectivity index (χ3n) is 4.35. The van der Waals surface area contributed by atoms with Gasteiger partial charge in [-0.1, -0.05) is 24.3 Å². The molecule has 0 spiro atoms. The summed E-state index contributed by atoms with van der Waals surface area (Å²) in [5, 5.41) is 8.50. The van der Waals surface area contributed by atoms with Crippen LogP contribution in [0.2, 0.25) is 0 Å². The number of hydrogen-bond acceptors (Lipinski definition) is 3. The Morgan fingerprint density at radius 3 is 2.30 bits per heavy atom. The van der Waals surface area contributed by atoms with Crippen LogP contribution in [0, 0.1) is 5.92 Å². The summed E-state index contributed by atoms with van der Waals surface area (Å²) in [5.41, 5.74) is 3.15. The van der Waals surface area contributed by atoms with Crippen molar-refractivity contribution in [2.45, 2.75) is 32.9 Å². The predicted octanol–water partition coefficient (Wildman–Crippen LogP) is 2.60. The van der Waals surface area contributed by atoms with E-state index in [4.69, 9.17) is 0 Å². The standard InChI is InChI=1S/C21H23N3O3/c1-14(25)22-12-15-5-7-17(8-6-15)20(26)23-13-16-3-2-4-19(11-16)24-21(27)18-9-10-18/h2-8,11,18H,9-10,12-13H2,1H3,(H,22,25)(H,23,26)(H,24,27). The fourth-order valence-electron chi connectivity index (χ4n) is 2.63. The number of amides is 3. The van der Waals surface area contributed by atoms with E-state index in [1.165, 1.54) is 6.92 Å². The van der Waals surface area contributed by atoms with Crippen LogP contribution >= 0.6 is 0 Å². The molecule has 140 valence electrons. The van der Waals surface area contributed by atoms with Crippen molar-refractivity contribution < 1.29 is 14.4 Å². The lowest BCUT2D eigenvalue weighted by atomic mass is 10.1. The van der Waals surface area contributed by atoms with Crippen molar-refractivity contribution in [3.8, 4) is 0 Å². The van der Waals surface area contributed by atoms with Gasteiger partial charge in [-0.2, -0.15) is 0 Å². The number of carbonyl (C=O) groups is 3. The van der Waals surface area contributed by atoms with Crippen LogP contribution in [0.4, 0.5) is 5.69 Å². The second-order valence-corrected chi connectivity index (χ2v) is 6.75. The summed E-state index contributed by atoms with van der Waals surface area (Å²) >= 11 is 0. The van der Waals surface area contributed by atoms with Crippen LogP contribution in [0.3, 0.4) is 0 Å². The molecule has 1 fully saturated rings. The lowest BCUT2D eigenvalue weighted by Gasteiger charge is -2.09. The van der Waals surface area contributed by atoms with Crippen molar-refractivity contribution in [3.05, 3.63) is 65.2 Å². The smallest absolute Gasteiger partial charge is 0.251 e. The van der Waals surface area contributed by atoms with Crippen LogP contribution in [-0.2, 0) is 22.7 Å². The van der Waals surface area contributed by atoms with E-state index < -0.39 is 0 Å². The largest absolute Gasteiger partial charge is 0.352 e. The molecule has 1 saturated carbocycles. The highest BCUT2D eigenvalue weighted by Crippen LogP contribution is 2.30. The monoisotopic (exact) mass is 365 g/mol. The predicted molar refractivity (Wildman–Crippen MR) is 103 cm³/mol. The molecule has 1 aliphatic rings. The topological polar surface area (TPSA) is 87.3 Å². The Labute approximate surface area is 158 Å². The normalized spacial score (nSPS) is 12.9. The molecule has 0 unspecified atom stereocenters. The molecule has 0 bridgehead atoms. The van der Waals surface area contributed by atoms with E-state index in [1.807, 2.05) is 36.4 Å². The summed E-state index contributed by atoms with van der Waals surface area (Å²) in [6.07, 6.45) is 1.93. The van der Waals surface area contributed by atoms with Crippen molar-refractivity contribution >= 4 is 23.4 Å². The molecule has 2 aromatic carbocycles. The Morgan fingerprint density at radius 2 is 1.63 bits per heavy atom. The Balaban J connectivity index is 1.52. The summed E-state index contributed by atoms with van der Waals surface area (Å²) in [5.74, 6) is -0.0432. The zero-order valence-corrected chi connectivity index (χ0v) is 15.2. The van der Waals surface area contributed by atoms with Crippen molar-refractivity contribution in [1.82, 2.24) is 10.6 Å². The average Bonchev–Trinajstić information content (AvgIpc) is 3.50. The fourth-order valence-corrected chi connectivity index (χ4v) is 2.63. The molecule has 6 nitrogen and oxygen atoms in total. The van der Waals surface area contributed by atoms with E-state index in [0.29, 0.717) is 18.7 Å². The molecule has 0 atom stereocenters. The highest BCUT2D eigenvalue weighted by atomic mass is 16.2. The summed E-state index contributed by atoms with van der Waals surface area (Å²) in [4.78, 5) is 35.1. The maximum Gasteiger partial charge on any atom is 0.251 e. The molecule has 27 heavy (non-hydrogen) atoms. The number of rotatable bonds is 7. The average molecular weight is 365 g/mol. The first-order chi connectivity index (χ1) is 13.0. The highest BCUT2D eigenvalue weighted by Gasteiger charge is 2.29. The second kappa shape index (κ2) is 8.49.